The van der Waals surface area contributed by atoms with Crippen molar-refractivity contribution >= 4 is 28.6 Å². The zero-order chi connectivity index (χ0) is 15.6. The van der Waals surface area contributed by atoms with Crippen molar-refractivity contribution in [2.45, 2.75) is 38.3 Å². The minimum Gasteiger partial charge on any atom is -0.353 e. The Hall–Kier alpha value is -1.24. The van der Waals surface area contributed by atoms with Gasteiger partial charge in [0.15, 0.2) is 0 Å². The number of carbonyl (C=O) groups is 1. The number of nitrogens with one attached hydrogen (secondary N) is 1. The minimum atomic E-state index is 0.281. The maximum atomic E-state index is 11.8. The van der Waals surface area contributed by atoms with Crippen molar-refractivity contribution in [3.05, 3.63) is 28.6 Å². The second kappa shape index (κ2) is 6.71. The van der Waals surface area contributed by atoms with Crippen LogP contribution in [0.25, 0.3) is 9.88 Å². The van der Waals surface area contributed by atoms with Crippen molar-refractivity contribution in [3.63, 3.8) is 0 Å². The summed E-state index contributed by atoms with van der Waals surface area (Å²) in [4.78, 5) is 20.3. The first-order chi connectivity index (χ1) is 11.3. The molecule has 0 atom stereocenters. The number of hydrogen-bond acceptors (Lipinski definition) is 5. The Balaban J connectivity index is 1.27. The molecular weight excluding hydrogens is 326 g/mol. The van der Waals surface area contributed by atoms with Crippen molar-refractivity contribution in [2.75, 3.05) is 13.1 Å². The Kier molecular flexibility index (Phi) is 4.46. The quantitative estimate of drug-likeness (QED) is 0.902. The van der Waals surface area contributed by atoms with E-state index in [1.54, 1.807) is 22.7 Å². The van der Waals surface area contributed by atoms with Crippen LogP contribution in [0.2, 0.25) is 0 Å². The lowest BCUT2D eigenvalue weighted by Gasteiger charge is -2.31. The highest BCUT2D eigenvalue weighted by molar-refractivity contribution is 7.20. The number of amides is 1. The third kappa shape index (κ3) is 3.82. The maximum Gasteiger partial charge on any atom is 0.223 e. The topological polar surface area (TPSA) is 45.2 Å². The molecule has 2 aliphatic rings. The fraction of sp³-hybridized carbons (Fsp3) is 0.529. The summed E-state index contributed by atoms with van der Waals surface area (Å²) in [6.07, 6.45) is 4.28. The summed E-state index contributed by atoms with van der Waals surface area (Å²) >= 11 is 3.47. The van der Waals surface area contributed by atoms with Gasteiger partial charge in [-0.2, -0.15) is 0 Å². The highest BCUT2D eigenvalue weighted by atomic mass is 32.1. The summed E-state index contributed by atoms with van der Waals surface area (Å²) in [6, 6.07) is 4.57. The molecule has 2 aromatic heterocycles. The van der Waals surface area contributed by atoms with Gasteiger partial charge in [-0.05, 0) is 37.1 Å². The van der Waals surface area contributed by atoms with Crippen LogP contribution in [0.1, 0.15) is 31.4 Å². The molecule has 122 valence electrons. The van der Waals surface area contributed by atoms with Gasteiger partial charge in [0.2, 0.25) is 5.91 Å². The van der Waals surface area contributed by atoms with Crippen molar-refractivity contribution in [1.29, 1.82) is 0 Å². The van der Waals surface area contributed by atoms with Crippen molar-refractivity contribution in [2.24, 2.45) is 5.92 Å². The van der Waals surface area contributed by atoms with Gasteiger partial charge in [0.1, 0.15) is 5.01 Å². The smallest absolute Gasteiger partial charge is 0.223 e. The van der Waals surface area contributed by atoms with Crippen LogP contribution >= 0.6 is 22.7 Å². The molecule has 4 nitrogen and oxygen atoms in total. The standard InChI is InChI=1S/C17H21N3OS2/c21-16(12-3-4-12)18-13-5-7-20(8-6-13)10-14-11-23-17(19-14)15-2-1-9-22-15/h1-2,9,11-13H,3-8,10H2,(H,18,21). The predicted molar refractivity (Wildman–Crippen MR) is 94.6 cm³/mol. The van der Waals surface area contributed by atoms with Crippen molar-refractivity contribution < 1.29 is 4.79 Å². The first-order valence-electron chi connectivity index (χ1n) is 8.29. The van der Waals surface area contributed by atoms with E-state index in [-0.39, 0.29) is 5.91 Å². The number of carbonyl (C=O) groups excluding carboxylic acids is 1. The molecule has 0 spiro atoms. The number of rotatable bonds is 5. The number of thiazole rings is 1. The van der Waals surface area contributed by atoms with Gasteiger partial charge in [-0.3, -0.25) is 9.69 Å². The van der Waals surface area contributed by atoms with E-state index in [0.717, 1.165) is 50.3 Å². The maximum absolute atomic E-state index is 11.8. The number of nitrogens with zero attached hydrogens (tertiary/aromatic N) is 2. The zero-order valence-electron chi connectivity index (χ0n) is 13.0. The molecule has 2 aromatic rings. The highest BCUT2D eigenvalue weighted by Crippen LogP contribution is 2.30. The Labute approximate surface area is 144 Å². The lowest BCUT2D eigenvalue weighted by molar-refractivity contribution is -0.123. The van der Waals surface area contributed by atoms with E-state index in [2.05, 4.69) is 33.1 Å². The van der Waals surface area contributed by atoms with Crippen LogP contribution in [0.15, 0.2) is 22.9 Å². The summed E-state index contributed by atoms with van der Waals surface area (Å²) in [7, 11) is 0. The van der Waals surface area contributed by atoms with Gasteiger partial charge in [0, 0.05) is 37.0 Å². The van der Waals surface area contributed by atoms with Crippen molar-refractivity contribution in [1.82, 2.24) is 15.2 Å². The summed E-state index contributed by atoms with van der Waals surface area (Å²) in [5.41, 5.74) is 1.17. The van der Waals surface area contributed by atoms with Crippen LogP contribution in [-0.4, -0.2) is 34.9 Å². The normalized spacial score (nSPS) is 19.8. The van der Waals surface area contributed by atoms with Gasteiger partial charge >= 0.3 is 0 Å². The average Bonchev–Trinajstić information content (AvgIpc) is 3.08. The molecule has 1 saturated heterocycles. The van der Waals surface area contributed by atoms with Crippen LogP contribution in [-0.2, 0) is 11.3 Å². The Morgan fingerprint density at radius 1 is 1.26 bits per heavy atom. The third-order valence-corrected chi connectivity index (χ3v) is 6.48. The summed E-state index contributed by atoms with van der Waals surface area (Å²) < 4.78 is 0. The van der Waals surface area contributed by atoms with Gasteiger partial charge in [0.25, 0.3) is 0 Å². The number of likely N-dealkylation sites (tertiary alicyclic amines) is 1. The molecule has 1 amide bonds. The van der Waals surface area contributed by atoms with Crippen LogP contribution in [0, 0.1) is 5.92 Å². The molecule has 1 N–H and O–H groups in total. The number of aromatic nitrogens is 1. The molecule has 0 radical (unpaired) electrons. The fourth-order valence-corrected chi connectivity index (χ4v) is 4.65. The van der Waals surface area contributed by atoms with Gasteiger partial charge in [-0.25, -0.2) is 4.98 Å². The molecular formula is C17H21N3OS2. The molecule has 6 heteroatoms. The first-order valence-corrected chi connectivity index (χ1v) is 10.0. The monoisotopic (exact) mass is 347 g/mol. The average molecular weight is 348 g/mol. The van der Waals surface area contributed by atoms with Crippen molar-refractivity contribution in [3.8, 4) is 9.88 Å². The number of piperidine rings is 1. The van der Waals surface area contributed by atoms with Crippen LogP contribution < -0.4 is 5.32 Å². The highest BCUT2D eigenvalue weighted by Gasteiger charge is 2.31. The fourth-order valence-electron chi connectivity index (χ4n) is 3.02. The molecule has 1 aliphatic carbocycles. The van der Waals surface area contributed by atoms with Crippen LogP contribution in [0.4, 0.5) is 0 Å². The first kappa shape index (κ1) is 15.3. The number of thiophene rings is 1. The SMILES string of the molecule is O=C(NC1CCN(Cc2csc(-c3cccs3)n2)CC1)C1CC1. The largest absolute Gasteiger partial charge is 0.353 e. The van der Waals surface area contributed by atoms with Gasteiger partial charge in [-0.15, -0.1) is 22.7 Å². The Bertz CT molecular complexity index is 655. The third-order valence-electron chi connectivity index (χ3n) is 4.55. The molecule has 3 heterocycles. The lowest BCUT2D eigenvalue weighted by atomic mass is 10.0. The Morgan fingerprint density at radius 2 is 2.09 bits per heavy atom. The molecule has 1 aliphatic heterocycles. The molecule has 0 aromatic carbocycles. The summed E-state index contributed by atoms with van der Waals surface area (Å²) in [5, 5.41) is 8.61. The second-order valence-electron chi connectivity index (χ2n) is 6.45. The van der Waals surface area contributed by atoms with Gasteiger partial charge in [0.05, 0.1) is 10.6 Å². The molecule has 2 fully saturated rings. The van der Waals surface area contributed by atoms with Gasteiger partial charge < -0.3 is 5.32 Å². The Morgan fingerprint density at radius 3 is 2.78 bits per heavy atom. The van der Waals surface area contributed by atoms with Crippen LogP contribution in [0.5, 0.6) is 0 Å². The van der Waals surface area contributed by atoms with E-state index < -0.39 is 0 Å². The molecule has 1 saturated carbocycles. The van der Waals surface area contributed by atoms with Gasteiger partial charge in [-0.1, -0.05) is 6.07 Å². The number of hydrogen-bond donors (Lipinski definition) is 1. The summed E-state index contributed by atoms with van der Waals surface area (Å²) in [6.45, 7) is 3.01. The second-order valence-corrected chi connectivity index (χ2v) is 8.26. The van der Waals surface area contributed by atoms with E-state index >= 15 is 0 Å². The van der Waals surface area contributed by atoms with E-state index in [4.69, 9.17) is 4.98 Å². The van der Waals surface area contributed by atoms with E-state index in [9.17, 15) is 4.79 Å². The zero-order valence-corrected chi connectivity index (χ0v) is 14.7. The summed E-state index contributed by atoms with van der Waals surface area (Å²) in [5.74, 6) is 0.599. The minimum absolute atomic E-state index is 0.281. The van der Waals surface area contributed by atoms with E-state index in [1.165, 1.54) is 10.6 Å². The van der Waals surface area contributed by atoms with E-state index in [1.807, 2.05) is 0 Å². The molecule has 4 rings (SSSR count). The molecule has 0 unspecified atom stereocenters. The van der Waals surface area contributed by atoms with E-state index in [0.29, 0.717) is 12.0 Å². The predicted octanol–water partition coefficient (Wildman–Crippen LogP) is 3.36. The van der Waals surface area contributed by atoms with Crippen LogP contribution in [0.3, 0.4) is 0 Å². The molecule has 23 heavy (non-hydrogen) atoms. The lowest BCUT2D eigenvalue weighted by Crippen LogP contribution is -2.44. The molecule has 0 bridgehead atoms.